The highest BCUT2D eigenvalue weighted by molar-refractivity contribution is 7.92. The molecule has 0 bridgehead atoms. The standard InChI is InChI=1S/C14H22N2O2S/c1-11(2)19(17,18)9-8-16-7-3-4-12-5-6-13(15)10-14(12)16/h5-6,10-11H,3-4,7-9,15H2,1-2H3. The Hall–Kier alpha value is -1.23. The second kappa shape index (κ2) is 5.41. The van der Waals surface area contributed by atoms with Crippen LogP contribution in [-0.4, -0.2) is 32.5 Å². The smallest absolute Gasteiger partial charge is 0.154 e. The first-order chi connectivity index (χ1) is 8.90. The minimum atomic E-state index is -2.98. The van der Waals surface area contributed by atoms with Gasteiger partial charge in [0.15, 0.2) is 9.84 Å². The van der Waals surface area contributed by atoms with Crippen LogP contribution in [-0.2, 0) is 16.3 Å². The maximum atomic E-state index is 11.9. The summed E-state index contributed by atoms with van der Waals surface area (Å²) in [7, 11) is -2.98. The number of rotatable bonds is 4. The van der Waals surface area contributed by atoms with E-state index in [2.05, 4.69) is 4.90 Å². The summed E-state index contributed by atoms with van der Waals surface area (Å²) in [6, 6.07) is 5.91. The lowest BCUT2D eigenvalue weighted by atomic mass is 10.0. The Kier molecular flexibility index (Phi) is 4.04. The molecule has 0 amide bonds. The molecule has 1 aliphatic rings. The molecular formula is C14H22N2O2S. The van der Waals surface area contributed by atoms with Crippen molar-refractivity contribution in [1.82, 2.24) is 0 Å². The van der Waals surface area contributed by atoms with Gasteiger partial charge in [0.1, 0.15) is 0 Å². The van der Waals surface area contributed by atoms with Gasteiger partial charge in [0.05, 0.1) is 11.0 Å². The maximum Gasteiger partial charge on any atom is 0.154 e. The van der Waals surface area contributed by atoms with Gasteiger partial charge < -0.3 is 10.6 Å². The van der Waals surface area contributed by atoms with Crippen LogP contribution in [0.4, 0.5) is 11.4 Å². The second-order valence-corrected chi connectivity index (χ2v) is 8.07. The van der Waals surface area contributed by atoms with Crippen LogP contribution in [0.1, 0.15) is 25.8 Å². The van der Waals surface area contributed by atoms with Gasteiger partial charge in [-0.2, -0.15) is 0 Å². The first-order valence-corrected chi connectivity index (χ1v) is 8.46. The summed E-state index contributed by atoms with van der Waals surface area (Å²) in [5.74, 6) is 0.207. The quantitative estimate of drug-likeness (QED) is 0.856. The van der Waals surface area contributed by atoms with E-state index in [4.69, 9.17) is 5.73 Å². The van der Waals surface area contributed by atoms with Crippen LogP contribution in [0.3, 0.4) is 0 Å². The van der Waals surface area contributed by atoms with Gasteiger partial charge >= 0.3 is 0 Å². The van der Waals surface area contributed by atoms with E-state index in [9.17, 15) is 8.42 Å². The SMILES string of the molecule is CC(C)S(=O)(=O)CCN1CCCc2ccc(N)cc21. The zero-order valence-electron chi connectivity index (χ0n) is 11.6. The van der Waals surface area contributed by atoms with Crippen molar-refractivity contribution in [3.8, 4) is 0 Å². The van der Waals surface area contributed by atoms with Crippen LogP contribution < -0.4 is 10.6 Å². The molecule has 19 heavy (non-hydrogen) atoms. The van der Waals surface area contributed by atoms with Gasteiger partial charge in [0, 0.05) is 24.5 Å². The first kappa shape index (κ1) is 14.2. The zero-order chi connectivity index (χ0) is 14.0. The van der Waals surface area contributed by atoms with Gasteiger partial charge in [-0.3, -0.25) is 0 Å². The third-order valence-electron chi connectivity index (χ3n) is 3.69. The third kappa shape index (κ3) is 3.21. The van der Waals surface area contributed by atoms with Gasteiger partial charge in [0.25, 0.3) is 0 Å². The number of nitrogen functional groups attached to an aromatic ring is 1. The molecule has 2 rings (SSSR count). The predicted molar refractivity (Wildman–Crippen MR) is 80.3 cm³/mol. The Morgan fingerprint density at radius 2 is 2.11 bits per heavy atom. The average molecular weight is 282 g/mol. The Balaban J connectivity index is 2.14. The van der Waals surface area contributed by atoms with E-state index in [1.807, 2.05) is 18.2 Å². The number of benzene rings is 1. The van der Waals surface area contributed by atoms with Gasteiger partial charge in [-0.1, -0.05) is 6.07 Å². The minimum Gasteiger partial charge on any atom is -0.399 e. The van der Waals surface area contributed by atoms with Crippen molar-refractivity contribution in [3.63, 3.8) is 0 Å². The first-order valence-electron chi connectivity index (χ1n) is 6.75. The van der Waals surface area contributed by atoms with Crippen LogP contribution in [0.2, 0.25) is 0 Å². The molecule has 106 valence electrons. The van der Waals surface area contributed by atoms with Crippen LogP contribution in [0.15, 0.2) is 18.2 Å². The number of sulfone groups is 1. The third-order valence-corrected chi connectivity index (χ3v) is 5.88. The van der Waals surface area contributed by atoms with E-state index >= 15 is 0 Å². The molecule has 2 N–H and O–H groups in total. The van der Waals surface area contributed by atoms with E-state index < -0.39 is 9.84 Å². The lowest BCUT2D eigenvalue weighted by Gasteiger charge is -2.31. The molecule has 0 saturated carbocycles. The number of hydrogen-bond acceptors (Lipinski definition) is 4. The zero-order valence-corrected chi connectivity index (χ0v) is 12.4. The Labute approximate surface area is 115 Å². The van der Waals surface area contributed by atoms with E-state index in [0.717, 1.165) is 30.8 Å². The normalized spacial score (nSPS) is 15.6. The average Bonchev–Trinajstić information content (AvgIpc) is 2.36. The molecule has 1 aliphatic heterocycles. The summed E-state index contributed by atoms with van der Waals surface area (Å²) in [6.45, 7) is 4.93. The van der Waals surface area contributed by atoms with E-state index in [1.54, 1.807) is 13.8 Å². The number of nitrogens with two attached hydrogens (primary N) is 1. The molecule has 1 aromatic carbocycles. The number of anilines is 2. The summed E-state index contributed by atoms with van der Waals surface area (Å²) in [5, 5.41) is -0.308. The van der Waals surface area contributed by atoms with Crippen LogP contribution >= 0.6 is 0 Å². The fraction of sp³-hybridized carbons (Fsp3) is 0.571. The summed E-state index contributed by atoms with van der Waals surface area (Å²) < 4.78 is 23.8. The summed E-state index contributed by atoms with van der Waals surface area (Å²) in [4.78, 5) is 2.15. The monoisotopic (exact) mass is 282 g/mol. The molecule has 0 spiro atoms. The minimum absolute atomic E-state index is 0.207. The van der Waals surface area contributed by atoms with Gasteiger partial charge in [-0.05, 0) is 44.4 Å². The molecule has 0 unspecified atom stereocenters. The van der Waals surface area contributed by atoms with E-state index in [1.165, 1.54) is 5.56 Å². The largest absolute Gasteiger partial charge is 0.399 e. The number of aryl methyl sites for hydroxylation is 1. The highest BCUT2D eigenvalue weighted by atomic mass is 32.2. The topological polar surface area (TPSA) is 63.4 Å². The molecular weight excluding hydrogens is 260 g/mol. The van der Waals surface area contributed by atoms with Crippen LogP contribution in [0.25, 0.3) is 0 Å². The summed E-state index contributed by atoms with van der Waals surface area (Å²) >= 11 is 0. The number of hydrogen-bond donors (Lipinski definition) is 1. The van der Waals surface area contributed by atoms with Crippen molar-refractivity contribution in [1.29, 1.82) is 0 Å². The molecule has 0 fully saturated rings. The molecule has 0 aliphatic carbocycles. The van der Waals surface area contributed by atoms with Crippen molar-refractivity contribution in [2.45, 2.75) is 31.9 Å². The molecule has 4 nitrogen and oxygen atoms in total. The fourth-order valence-corrected chi connectivity index (χ4v) is 3.32. The predicted octanol–water partition coefficient (Wildman–Crippen LogP) is 1.84. The summed E-state index contributed by atoms with van der Waals surface area (Å²) in [6.07, 6.45) is 2.11. The van der Waals surface area contributed by atoms with Gasteiger partial charge in [0.2, 0.25) is 0 Å². The molecule has 0 radical (unpaired) electrons. The molecule has 0 atom stereocenters. The molecule has 1 heterocycles. The molecule has 1 aromatic rings. The second-order valence-electron chi connectivity index (χ2n) is 5.39. The number of nitrogens with zero attached hydrogens (tertiary/aromatic N) is 1. The number of fused-ring (bicyclic) bond motifs is 1. The van der Waals surface area contributed by atoms with Crippen molar-refractivity contribution in [3.05, 3.63) is 23.8 Å². The highest BCUT2D eigenvalue weighted by Crippen LogP contribution is 2.29. The van der Waals surface area contributed by atoms with E-state index in [-0.39, 0.29) is 11.0 Å². The van der Waals surface area contributed by atoms with Crippen molar-refractivity contribution >= 4 is 21.2 Å². The lowest BCUT2D eigenvalue weighted by molar-refractivity contribution is 0.584. The van der Waals surface area contributed by atoms with Crippen molar-refractivity contribution in [2.24, 2.45) is 0 Å². The summed E-state index contributed by atoms with van der Waals surface area (Å²) in [5.41, 5.74) is 8.93. The van der Waals surface area contributed by atoms with Gasteiger partial charge in [-0.25, -0.2) is 8.42 Å². The fourth-order valence-electron chi connectivity index (χ4n) is 2.37. The Morgan fingerprint density at radius 1 is 1.37 bits per heavy atom. The Morgan fingerprint density at radius 3 is 2.79 bits per heavy atom. The van der Waals surface area contributed by atoms with Crippen LogP contribution in [0, 0.1) is 0 Å². The Bertz CT molecular complexity index is 553. The lowest BCUT2D eigenvalue weighted by Crippen LogP contribution is -2.35. The molecule has 0 saturated heterocycles. The highest BCUT2D eigenvalue weighted by Gasteiger charge is 2.21. The molecule has 5 heteroatoms. The van der Waals surface area contributed by atoms with E-state index in [0.29, 0.717) is 6.54 Å². The molecule has 0 aromatic heterocycles. The van der Waals surface area contributed by atoms with Crippen molar-refractivity contribution < 1.29 is 8.42 Å². The van der Waals surface area contributed by atoms with Gasteiger partial charge in [-0.15, -0.1) is 0 Å². The maximum absolute atomic E-state index is 11.9. The van der Waals surface area contributed by atoms with Crippen molar-refractivity contribution in [2.75, 3.05) is 29.5 Å². The van der Waals surface area contributed by atoms with Crippen LogP contribution in [0.5, 0.6) is 0 Å².